The van der Waals surface area contributed by atoms with Crippen molar-refractivity contribution in [1.82, 2.24) is 4.90 Å². The van der Waals surface area contributed by atoms with E-state index in [1.54, 1.807) is 24.1 Å². The molecule has 0 aliphatic rings. The zero-order valence-corrected chi connectivity index (χ0v) is 13.5. The van der Waals surface area contributed by atoms with Gasteiger partial charge in [0.15, 0.2) is 0 Å². The molecule has 0 radical (unpaired) electrons. The van der Waals surface area contributed by atoms with Crippen LogP contribution in [-0.2, 0) is 6.54 Å². The van der Waals surface area contributed by atoms with Gasteiger partial charge in [-0.05, 0) is 42.3 Å². The zero-order chi connectivity index (χ0) is 15.4. The number of hydrogen-bond donors (Lipinski definition) is 0. The quantitative estimate of drug-likeness (QED) is 0.848. The highest BCUT2D eigenvalue weighted by Crippen LogP contribution is 2.18. The number of nitrogens with zero attached hydrogens (tertiary/aromatic N) is 2. The van der Waals surface area contributed by atoms with Crippen LogP contribution in [0.2, 0.25) is 0 Å². The number of carbonyl (C=O) groups is 1. The molecule has 1 amide bonds. The molecule has 4 heteroatoms. The molecule has 0 unspecified atom stereocenters. The molecule has 0 aromatic heterocycles. The fraction of sp³-hybridized carbons (Fsp3) is 0.176. The van der Waals surface area contributed by atoms with Crippen molar-refractivity contribution < 1.29 is 4.79 Å². The van der Waals surface area contributed by atoms with Crippen LogP contribution in [0.5, 0.6) is 0 Å². The maximum atomic E-state index is 12.5. The Balaban J connectivity index is 2.15. The smallest absolute Gasteiger partial charge is 0.254 e. The van der Waals surface area contributed by atoms with Crippen LogP contribution in [0.25, 0.3) is 0 Å². The summed E-state index contributed by atoms with van der Waals surface area (Å²) in [5, 5.41) is 8.78. The van der Waals surface area contributed by atoms with Crippen molar-refractivity contribution in [2.24, 2.45) is 0 Å². The second-order valence-corrected chi connectivity index (χ2v) is 5.84. The van der Waals surface area contributed by atoms with Crippen molar-refractivity contribution in [3.63, 3.8) is 0 Å². The number of benzene rings is 2. The first-order valence-corrected chi connectivity index (χ1v) is 7.31. The van der Waals surface area contributed by atoms with Gasteiger partial charge in [-0.2, -0.15) is 5.26 Å². The fourth-order valence-corrected chi connectivity index (χ4v) is 2.42. The molecule has 21 heavy (non-hydrogen) atoms. The summed E-state index contributed by atoms with van der Waals surface area (Å²) in [6.07, 6.45) is 0. The van der Waals surface area contributed by atoms with Gasteiger partial charge in [0.05, 0.1) is 11.6 Å². The molecule has 0 spiro atoms. The van der Waals surface area contributed by atoms with Crippen LogP contribution < -0.4 is 0 Å². The van der Waals surface area contributed by atoms with E-state index < -0.39 is 0 Å². The van der Waals surface area contributed by atoms with Gasteiger partial charge in [-0.1, -0.05) is 34.1 Å². The Bertz CT molecular complexity index is 702. The largest absolute Gasteiger partial charge is 0.337 e. The molecule has 0 aliphatic carbocycles. The number of hydrogen-bond acceptors (Lipinski definition) is 2. The lowest BCUT2D eigenvalue weighted by atomic mass is 10.1. The lowest BCUT2D eigenvalue weighted by molar-refractivity contribution is 0.0784. The highest BCUT2D eigenvalue weighted by molar-refractivity contribution is 9.10. The summed E-state index contributed by atoms with van der Waals surface area (Å²) in [5.41, 5.74) is 3.27. The van der Waals surface area contributed by atoms with Gasteiger partial charge in [-0.3, -0.25) is 4.79 Å². The van der Waals surface area contributed by atoms with E-state index in [0.29, 0.717) is 17.7 Å². The Morgan fingerprint density at radius 3 is 2.52 bits per heavy atom. The fourth-order valence-electron chi connectivity index (χ4n) is 2.06. The summed E-state index contributed by atoms with van der Waals surface area (Å²) in [6, 6.07) is 15.0. The normalized spacial score (nSPS) is 10.0. The topological polar surface area (TPSA) is 44.1 Å². The van der Waals surface area contributed by atoms with E-state index in [0.717, 1.165) is 15.6 Å². The molecular formula is C17H15BrN2O. The third-order valence-corrected chi connectivity index (χ3v) is 3.77. The minimum absolute atomic E-state index is 0.0156. The number of carbonyl (C=O) groups excluding carboxylic acids is 1. The number of halogens is 1. The Hall–Kier alpha value is -2.12. The molecule has 0 atom stereocenters. The van der Waals surface area contributed by atoms with Gasteiger partial charge in [0.2, 0.25) is 0 Å². The molecule has 106 valence electrons. The van der Waals surface area contributed by atoms with Crippen molar-refractivity contribution in [3.05, 3.63) is 69.2 Å². The standard InChI is InChI=1S/C17H15BrN2O/c1-12-3-8-15(18)9-16(12)17(21)20(2)11-14-6-4-13(10-19)5-7-14/h3-9H,11H2,1-2H3. The van der Waals surface area contributed by atoms with Gasteiger partial charge >= 0.3 is 0 Å². The van der Waals surface area contributed by atoms with Gasteiger partial charge in [-0.15, -0.1) is 0 Å². The highest BCUT2D eigenvalue weighted by Gasteiger charge is 2.14. The van der Waals surface area contributed by atoms with Crippen LogP contribution in [0.4, 0.5) is 0 Å². The first kappa shape index (κ1) is 15.3. The Labute approximate surface area is 132 Å². The SMILES string of the molecule is Cc1ccc(Br)cc1C(=O)N(C)Cc1ccc(C#N)cc1. The number of aryl methyl sites for hydroxylation is 1. The minimum Gasteiger partial charge on any atom is -0.337 e. The van der Waals surface area contributed by atoms with E-state index in [2.05, 4.69) is 22.0 Å². The summed E-state index contributed by atoms with van der Waals surface area (Å²) in [6.45, 7) is 2.44. The van der Waals surface area contributed by atoms with E-state index in [4.69, 9.17) is 5.26 Å². The summed E-state index contributed by atoms with van der Waals surface area (Å²) in [5.74, 6) is -0.0156. The molecule has 0 saturated carbocycles. The molecule has 0 saturated heterocycles. The summed E-state index contributed by atoms with van der Waals surface area (Å²) >= 11 is 3.40. The van der Waals surface area contributed by atoms with Crippen LogP contribution in [0.3, 0.4) is 0 Å². The van der Waals surface area contributed by atoms with Gasteiger partial charge < -0.3 is 4.90 Å². The number of rotatable bonds is 3. The third-order valence-electron chi connectivity index (χ3n) is 3.28. The van der Waals surface area contributed by atoms with Crippen molar-refractivity contribution in [2.75, 3.05) is 7.05 Å². The Morgan fingerprint density at radius 2 is 1.90 bits per heavy atom. The summed E-state index contributed by atoms with van der Waals surface area (Å²) in [7, 11) is 1.78. The van der Waals surface area contributed by atoms with Gasteiger partial charge in [0.25, 0.3) is 5.91 Å². The van der Waals surface area contributed by atoms with Gasteiger partial charge in [0.1, 0.15) is 0 Å². The highest BCUT2D eigenvalue weighted by atomic mass is 79.9. The molecule has 2 rings (SSSR count). The lowest BCUT2D eigenvalue weighted by Gasteiger charge is -2.18. The molecule has 0 bridgehead atoms. The van der Waals surface area contributed by atoms with Gasteiger partial charge in [0, 0.05) is 23.6 Å². The second kappa shape index (κ2) is 6.55. The molecule has 2 aromatic carbocycles. The second-order valence-electron chi connectivity index (χ2n) is 4.93. The molecule has 0 N–H and O–H groups in total. The van der Waals surface area contributed by atoms with E-state index in [-0.39, 0.29) is 5.91 Å². The molecule has 0 heterocycles. The zero-order valence-electron chi connectivity index (χ0n) is 11.9. The van der Waals surface area contributed by atoms with Crippen molar-refractivity contribution in [1.29, 1.82) is 5.26 Å². The first-order valence-electron chi connectivity index (χ1n) is 6.52. The predicted octanol–water partition coefficient (Wildman–Crippen LogP) is 3.90. The predicted molar refractivity (Wildman–Crippen MR) is 85.8 cm³/mol. The molecule has 2 aromatic rings. The average molecular weight is 343 g/mol. The lowest BCUT2D eigenvalue weighted by Crippen LogP contribution is -2.26. The average Bonchev–Trinajstić information content (AvgIpc) is 2.49. The molecule has 3 nitrogen and oxygen atoms in total. The van der Waals surface area contributed by atoms with Crippen molar-refractivity contribution >= 4 is 21.8 Å². The maximum Gasteiger partial charge on any atom is 0.254 e. The molecular weight excluding hydrogens is 328 g/mol. The van der Waals surface area contributed by atoms with E-state index >= 15 is 0 Å². The van der Waals surface area contributed by atoms with Crippen LogP contribution in [0.1, 0.15) is 27.0 Å². The van der Waals surface area contributed by atoms with Gasteiger partial charge in [-0.25, -0.2) is 0 Å². The molecule has 0 aliphatic heterocycles. The van der Waals surface area contributed by atoms with Crippen LogP contribution in [0.15, 0.2) is 46.9 Å². The number of nitriles is 1. The Morgan fingerprint density at radius 1 is 1.24 bits per heavy atom. The maximum absolute atomic E-state index is 12.5. The van der Waals surface area contributed by atoms with Crippen LogP contribution in [0, 0.1) is 18.3 Å². The first-order chi connectivity index (χ1) is 10.0. The van der Waals surface area contributed by atoms with Crippen molar-refractivity contribution in [3.8, 4) is 6.07 Å². The Kier molecular flexibility index (Phi) is 4.77. The minimum atomic E-state index is -0.0156. The van der Waals surface area contributed by atoms with Crippen LogP contribution >= 0.6 is 15.9 Å². The van der Waals surface area contributed by atoms with Crippen molar-refractivity contribution in [2.45, 2.75) is 13.5 Å². The third kappa shape index (κ3) is 3.71. The van der Waals surface area contributed by atoms with E-state index in [1.807, 2.05) is 37.3 Å². The van der Waals surface area contributed by atoms with Crippen LogP contribution in [-0.4, -0.2) is 17.9 Å². The molecule has 0 fully saturated rings. The summed E-state index contributed by atoms with van der Waals surface area (Å²) < 4.78 is 0.892. The van der Waals surface area contributed by atoms with E-state index in [1.165, 1.54) is 0 Å². The summed E-state index contributed by atoms with van der Waals surface area (Å²) in [4.78, 5) is 14.2. The van der Waals surface area contributed by atoms with E-state index in [9.17, 15) is 4.79 Å². The monoisotopic (exact) mass is 342 g/mol. The number of amides is 1.